The van der Waals surface area contributed by atoms with Gasteiger partial charge in [0.2, 0.25) is 0 Å². The SMILES string of the molecule is CCCNC(C)c1nnc(-c2cc3c(s2)CCCCC3)s1. The van der Waals surface area contributed by atoms with Gasteiger partial charge < -0.3 is 5.32 Å². The highest BCUT2D eigenvalue weighted by Gasteiger charge is 2.17. The summed E-state index contributed by atoms with van der Waals surface area (Å²) in [6, 6.07) is 2.66. The predicted octanol–water partition coefficient (Wildman–Crippen LogP) is 4.60. The highest BCUT2D eigenvalue weighted by atomic mass is 32.1. The molecule has 1 aliphatic rings. The third-order valence-electron chi connectivity index (χ3n) is 3.97. The van der Waals surface area contributed by atoms with E-state index in [2.05, 4.69) is 35.4 Å². The highest BCUT2D eigenvalue weighted by molar-refractivity contribution is 7.21. The van der Waals surface area contributed by atoms with Gasteiger partial charge in [0.25, 0.3) is 0 Å². The van der Waals surface area contributed by atoms with E-state index in [1.165, 1.54) is 37.0 Å². The molecule has 0 fully saturated rings. The molecule has 3 nitrogen and oxygen atoms in total. The second-order valence-corrected chi connectivity index (χ2v) is 7.89. The second-order valence-electron chi connectivity index (χ2n) is 5.74. The molecule has 0 aliphatic heterocycles. The quantitative estimate of drug-likeness (QED) is 0.818. The minimum atomic E-state index is 0.300. The van der Waals surface area contributed by atoms with Crippen LogP contribution in [-0.4, -0.2) is 16.7 Å². The Morgan fingerprint density at radius 2 is 2.05 bits per heavy atom. The minimum absolute atomic E-state index is 0.300. The van der Waals surface area contributed by atoms with Crippen LogP contribution in [-0.2, 0) is 12.8 Å². The Morgan fingerprint density at radius 1 is 1.19 bits per heavy atom. The van der Waals surface area contributed by atoms with E-state index in [1.807, 2.05) is 11.3 Å². The standard InChI is InChI=1S/C16H23N3S2/c1-3-9-17-11(2)15-18-19-16(21-15)14-10-12-7-5-4-6-8-13(12)20-14/h10-11,17H,3-9H2,1-2H3. The number of fused-ring (bicyclic) bond motifs is 1. The molecule has 1 atom stereocenters. The van der Waals surface area contributed by atoms with Gasteiger partial charge >= 0.3 is 0 Å². The van der Waals surface area contributed by atoms with E-state index in [1.54, 1.807) is 21.8 Å². The predicted molar refractivity (Wildman–Crippen MR) is 91.2 cm³/mol. The summed E-state index contributed by atoms with van der Waals surface area (Å²) < 4.78 is 0. The van der Waals surface area contributed by atoms with Crippen LogP contribution in [0.1, 0.15) is 61.0 Å². The van der Waals surface area contributed by atoms with Gasteiger partial charge in [-0.25, -0.2) is 0 Å². The lowest BCUT2D eigenvalue weighted by molar-refractivity contribution is 0.564. The topological polar surface area (TPSA) is 37.8 Å². The van der Waals surface area contributed by atoms with Gasteiger partial charge in [0.05, 0.1) is 10.9 Å². The first kappa shape index (κ1) is 15.1. The van der Waals surface area contributed by atoms with Crippen LogP contribution in [0.3, 0.4) is 0 Å². The van der Waals surface area contributed by atoms with E-state index in [0.717, 1.165) is 23.0 Å². The third kappa shape index (κ3) is 3.52. The highest BCUT2D eigenvalue weighted by Crippen LogP contribution is 2.37. The molecule has 1 N–H and O–H groups in total. The van der Waals surface area contributed by atoms with Gasteiger partial charge in [-0.1, -0.05) is 24.7 Å². The fourth-order valence-electron chi connectivity index (χ4n) is 2.73. The number of rotatable bonds is 5. The molecule has 0 spiro atoms. The molecule has 1 aliphatic carbocycles. The zero-order valence-electron chi connectivity index (χ0n) is 12.8. The lowest BCUT2D eigenvalue weighted by Crippen LogP contribution is -2.18. The van der Waals surface area contributed by atoms with Crippen LogP contribution in [0.4, 0.5) is 0 Å². The molecule has 3 rings (SSSR count). The number of hydrogen-bond donors (Lipinski definition) is 1. The van der Waals surface area contributed by atoms with Crippen molar-refractivity contribution in [2.75, 3.05) is 6.54 Å². The molecule has 114 valence electrons. The van der Waals surface area contributed by atoms with Gasteiger partial charge in [-0.3, -0.25) is 0 Å². The summed E-state index contributed by atoms with van der Waals surface area (Å²) in [4.78, 5) is 2.89. The summed E-state index contributed by atoms with van der Waals surface area (Å²) in [5.41, 5.74) is 1.56. The maximum atomic E-state index is 4.42. The lowest BCUT2D eigenvalue weighted by atomic mass is 10.1. The normalized spacial score (nSPS) is 16.5. The third-order valence-corrected chi connectivity index (χ3v) is 6.48. The summed E-state index contributed by atoms with van der Waals surface area (Å²) in [6.07, 6.45) is 7.69. The van der Waals surface area contributed by atoms with E-state index < -0.39 is 0 Å². The smallest absolute Gasteiger partial charge is 0.157 e. The van der Waals surface area contributed by atoms with Crippen LogP contribution in [0, 0.1) is 0 Å². The zero-order chi connectivity index (χ0) is 14.7. The van der Waals surface area contributed by atoms with Crippen molar-refractivity contribution in [2.24, 2.45) is 0 Å². The summed E-state index contributed by atoms with van der Waals surface area (Å²) in [7, 11) is 0. The van der Waals surface area contributed by atoms with E-state index in [9.17, 15) is 0 Å². The summed E-state index contributed by atoms with van der Waals surface area (Å²) in [6.45, 7) is 5.39. The fraction of sp³-hybridized carbons (Fsp3) is 0.625. The van der Waals surface area contributed by atoms with Gasteiger partial charge in [0.1, 0.15) is 5.01 Å². The summed E-state index contributed by atoms with van der Waals surface area (Å²) in [5.74, 6) is 0. The number of thiophene rings is 1. The van der Waals surface area contributed by atoms with E-state index in [0.29, 0.717) is 6.04 Å². The molecule has 0 amide bonds. The van der Waals surface area contributed by atoms with E-state index in [4.69, 9.17) is 0 Å². The first-order chi connectivity index (χ1) is 10.3. The van der Waals surface area contributed by atoms with Crippen LogP contribution in [0.15, 0.2) is 6.07 Å². The van der Waals surface area contributed by atoms with Crippen LogP contribution in [0.5, 0.6) is 0 Å². The summed E-state index contributed by atoms with van der Waals surface area (Å²) in [5, 5.41) is 14.5. The maximum Gasteiger partial charge on any atom is 0.157 e. The number of aromatic nitrogens is 2. The van der Waals surface area contributed by atoms with Crippen molar-refractivity contribution in [1.29, 1.82) is 0 Å². The molecule has 21 heavy (non-hydrogen) atoms. The molecular weight excluding hydrogens is 298 g/mol. The van der Waals surface area contributed by atoms with Crippen LogP contribution >= 0.6 is 22.7 Å². The monoisotopic (exact) mass is 321 g/mol. The van der Waals surface area contributed by atoms with Crippen LogP contribution in [0.2, 0.25) is 0 Å². The number of nitrogens with one attached hydrogen (secondary N) is 1. The molecule has 2 aromatic rings. The van der Waals surface area contributed by atoms with Crippen LogP contribution in [0.25, 0.3) is 9.88 Å². The molecular formula is C16H23N3S2. The molecule has 0 bridgehead atoms. The van der Waals surface area contributed by atoms with Gasteiger partial charge in [-0.2, -0.15) is 0 Å². The number of hydrogen-bond acceptors (Lipinski definition) is 5. The first-order valence-electron chi connectivity index (χ1n) is 7.96. The molecule has 0 aromatic carbocycles. The molecule has 5 heteroatoms. The van der Waals surface area contributed by atoms with Crippen molar-refractivity contribution < 1.29 is 0 Å². The van der Waals surface area contributed by atoms with Crippen molar-refractivity contribution in [3.63, 3.8) is 0 Å². The number of nitrogens with zero attached hydrogens (tertiary/aromatic N) is 2. The van der Waals surface area contributed by atoms with Crippen molar-refractivity contribution >= 4 is 22.7 Å². The van der Waals surface area contributed by atoms with E-state index >= 15 is 0 Å². The molecule has 0 radical (unpaired) electrons. The molecule has 2 aromatic heterocycles. The zero-order valence-corrected chi connectivity index (χ0v) is 14.4. The Bertz CT molecular complexity index is 565. The molecule has 2 heterocycles. The van der Waals surface area contributed by atoms with Gasteiger partial charge in [-0.15, -0.1) is 21.5 Å². The molecule has 0 saturated heterocycles. The first-order valence-corrected chi connectivity index (χ1v) is 9.60. The Morgan fingerprint density at radius 3 is 2.90 bits per heavy atom. The lowest BCUT2D eigenvalue weighted by Gasteiger charge is -2.08. The van der Waals surface area contributed by atoms with Crippen molar-refractivity contribution in [1.82, 2.24) is 15.5 Å². The Balaban J connectivity index is 1.77. The molecule has 1 unspecified atom stereocenters. The van der Waals surface area contributed by atoms with Gasteiger partial charge in [-0.05, 0) is 57.2 Å². The Kier molecular flexibility index (Phi) is 5.03. The summed E-state index contributed by atoms with van der Waals surface area (Å²) >= 11 is 3.67. The van der Waals surface area contributed by atoms with Gasteiger partial charge in [0, 0.05) is 4.88 Å². The largest absolute Gasteiger partial charge is 0.308 e. The Hall–Kier alpha value is -0.780. The Labute approximate surface area is 134 Å². The average molecular weight is 322 g/mol. The number of aryl methyl sites for hydroxylation is 2. The average Bonchev–Trinajstić information content (AvgIpc) is 3.07. The van der Waals surface area contributed by atoms with Crippen molar-refractivity contribution in [2.45, 2.75) is 58.4 Å². The van der Waals surface area contributed by atoms with E-state index in [-0.39, 0.29) is 0 Å². The van der Waals surface area contributed by atoms with Gasteiger partial charge in [0.15, 0.2) is 5.01 Å². The van der Waals surface area contributed by atoms with Crippen molar-refractivity contribution in [3.05, 3.63) is 21.5 Å². The fourth-order valence-corrected chi connectivity index (χ4v) is 4.89. The second kappa shape index (κ2) is 6.99. The maximum absolute atomic E-state index is 4.42. The molecule has 0 saturated carbocycles. The van der Waals surface area contributed by atoms with Crippen molar-refractivity contribution in [3.8, 4) is 9.88 Å². The minimum Gasteiger partial charge on any atom is -0.308 e. The van der Waals surface area contributed by atoms with Crippen LogP contribution < -0.4 is 5.32 Å².